The quantitative estimate of drug-likeness (QED) is 0.888. The largest absolute Gasteiger partial charge is 0.310 e. The van der Waals surface area contributed by atoms with Gasteiger partial charge in [0, 0.05) is 36.7 Å². The van der Waals surface area contributed by atoms with Crippen LogP contribution in [0.3, 0.4) is 0 Å². The van der Waals surface area contributed by atoms with Gasteiger partial charge in [0.25, 0.3) is 0 Å². The average molecular weight is 299 g/mol. The molecule has 0 aliphatic carbocycles. The van der Waals surface area contributed by atoms with E-state index in [-0.39, 0.29) is 0 Å². The second-order valence-corrected chi connectivity index (χ2v) is 5.95. The zero-order valence-corrected chi connectivity index (χ0v) is 13.3. The van der Waals surface area contributed by atoms with Crippen molar-refractivity contribution in [3.63, 3.8) is 0 Å². The van der Waals surface area contributed by atoms with Crippen LogP contribution in [0.1, 0.15) is 31.7 Å². The minimum absolute atomic E-state index is 0.615. The highest BCUT2D eigenvalue weighted by molar-refractivity contribution is 5.33. The molecule has 1 aliphatic rings. The van der Waals surface area contributed by atoms with Crippen LogP contribution in [0.2, 0.25) is 0 Å². The van der Waals surface area contributed by atoms with E-state index in [4.69, 9.17) is 0 Å². The second kappa shape index (κ2) is 7.51. The molecule has 3 rings (SSSR count). The molecule has 5 nitrogen and oxygen atoms in total. The molecule has 0 saturated carbocycles. The van der Waals surface area contributed by atoms with Crippen molar-refractivity contribution < 1.29 is 0 Å². The molecular formula is C17H25N5. The first-order chi connectivity index (χ1) is 10.9. The molecule has 22 heavy (non-hydrogen) atoms. The van der Waals surface area contributed by atoms with Crippen LogP contribution in [-0.2, 0) is 6.54 Å². The van der Waals surface area contributed by atoms with E-state index in [1.807, 2.05) is 23.0 Å². The van der Waals surface area contributed by atoms with Gasteiger partial charge in [-0.2, -0.15) is 0 Å². The molecule has 0 radical (unpaired) electrons. The van der Waals surface area contributed by atoms with Gasteiger partial charge in [0.2, 0.25) is 0 Å². The number of imidazole rings is 1. The van der Waals surface area contributed by atoms with Crippen LogP contribution in [0, 0.1) is 0 Å². The number of rotatable bonds is 6. The zero-order chi connectivity index (χ0) is 15.2. The Hall–Kier alpha value is -1.72. The Balaban J connectivity index is 1.57. The van der Waals surface area contributed by atoms with E-state index in [1.165, 1.54) is 44.5 Å². The molecule has 2 aromatic heterocycles. The van der Waals surface area contributed by atoms with E-state index in [0.29, 0.717) is 6.04 Å². The molecule has 3 heterocycles. The van der Waals surface area contributed by atoms with E-state index in [1.54, 1.807) is 12.5 Å². The lowest BCUT2D eigenvalue weighted by Crippen LogP contribution is -2.42. The van der Waals surface area contributed by atoms with Gasteiger partial charge in [-0.05, 0) is 45.0 Å². The van der Waals surface area contributed by atoms with Gasteiger partial charge in [-0.15, -0.1) is 0 Å². The number of hydrogen-bond donors (Lipinski definition) is 1. The zero-order valence-electron chi connectivity index (χ0n) is 13.3. The molecule has 0 spiro atoms. The van der Waals surface area contributed by atoms with Crippen molar-refractivity contribution in [2.24, 2.45) is 0 Å². The molecule has 2 aromatic rings. The fourth-order valence-corrected chi connectivity index (χ4v) is 3.12. The molecule has 1 saturated heterocycles. The fourth-order valence-electron chi connectivity index (χ4n) is 3.12. The van der Waals surface area contributed by atoms with Gasteiger partial charge in [0.1, 0.15) is 12.1 Å². The fraction of sp³-hybridized carbons (Fsp3) is 0.529. The Bertz CT molecular complexity index is 558. The van der Waals surface area contributed by atoms with Crippen LogP contribution in [0.15, 0.2) is 37.1 Å². The minimum atomic E-state index is 0.615. The highest BCUT2D eigenvalue weighted by Crippen LogP contribution is 2.14. The second-order valence-electron chi connectivity index (χ2n) is 5.95. The van der Waals surface area contributed by atoms with Crippen LogP contribution < -0.4 is 5.32 Å². The predicted octanol–water partition coefficient (Wildman–Crippen LogP) is 2.23. The molecule has 1 N–H and O–H groups in total. The Kier molecular flexibility index (Phi) is 5.19. The highest BCUT2D eigenvalue weighted by atomic mass is 15.1. The van der Waals surface area contributed by atoms with Crippen molar-refractivity contribution in [3.8, 4) is 5.82 Å². The summed E-state index contributed by atoms with van der Waals surface area (Å²) in [5.74, 6) is 0.968. The lowest BCUT2D eigenvalue weighted by atomic mass is 10.0. The summed E-state index contributed by atoms with van der Waals surface area (Å²) in [4.78, 5) is 11.2. The van der Waals surface area contributed by atoms with E-state index < -0.39 is 0 Å². The van der Waals surface area contributed by atoms with Crippen molar-refractivity contribution in [1.82, 2.24) is 24.8 Å². The number of hydrogen-bond acceptors (Lipinski definition) is 4. The number of nitrogens with zero attached hydrogens (tertiary/aromatic N) is 4. The SMILES string of the molecule is CCCN1CCC(NCc2cccnc2-n2ccnc2)CC1. The number of piperidine rings is 1. The first-order valence-corrected chi connectivity index (χ1v) is 8.24. The Morgan fingerprint density at radius 3 is 2.86 bits per heavy atom. The molecule has 1 fully saturated rings. The normalized spacial score (nSPS) is 17.0. The van der Waals surface area contributed by atoms with Crippen molar-refractivity contribution >= 4 is 0 Å². The third-order valence-corrected chi connectivity index (χ3v) is 4.33. The first kappa shape index (κ1) is 15.2. The summed E-state index contributed by atoms with van der Waals surface area (Å²) in [7, 11) is 0. The van der Waals surface area contributed by atoms with Crippen LogP contribution in [0.4, 0.5) is 0 Å². The van der Waals surface area contributed by atoms with E-state index >= 15 is 0 Å². The maximum absolute atomic E-state index is 4.50. The summed E-state index contributed by atoms with van der Waals surface area (Å²) in [5.41, 5.74) is 1.22. The van der Waals surface area contributed by atoms with Crippen LogP contribution in [-0.4, -0.2) is 45.1 Å². The van der Waals surface area contributed by atoms with Crippen molar-refractivity contribution in [2.45, 2.75) is 38.8 Å². The Morgan fingerprint density at radius 2 is 2.14 bits per heavy atom. The standard InChI is InChI=1S/C17H25N5/c1-2-9-21-10-5-16(6-11-21)20-13-15-4-3-7-19-17(15)22-12-8-18-14-22/h3-4,7-8,12,14,16,20H,2,5-6,9-11,13H2,1H3. The van der Waals surface area contributed by atoms with Gasteiger partial charge >= 0.3 is 0 Å². The third-order valence-electron chi connectivity index (χ3n) is 4.33. The van der Waals surface area contributed by atoms with Gasteiger partial charge in [-0.3, -0.25) is 4.57 Å². The van der Waals surface area contributed by atoms with Gasteiger partial charge in [-0.25, -0.2) is 9.97 Å². The summed E-state index contributed by atoms with van der Waals surface area (Å²) in [6.07, 6.45) is 11.1. The highest BCUT2D eigenvalue weighted by Gasteiger charge is 2.18. The molecule has 0 aromatic carbocycles. The van der Waals surface area contributed by atoms with Crippen molar-refractivity contribution in [2.75, 3.05) is 19.6 Å². The minimum Gasteiger partial charge on any atom is -0.310 e. The summed E-state index contributed by atoms with van der Waals surface area (Å²) >= 11 is 0. The molecule has 0 atom stereocenters. The Labute approximate surface area is 132 Å². The molecule has 1 aliphatic heterocycles. The van der Waals surface area contributed by atoms with Crippen LogP contribution >= 0.6 is 0 Å². The molecule has 5 heteroatoms. The lowest BCUT2D eigenvalue weighted by molar-refractivity contribution is 0.197. The molecule has 0 unspecified atom stereocenters. The lowest BCUT2D eigenvalue weighted by Gasteiger charge is -2.32. The van der Waals surface area contributed by atoms with Crippen LogP contribution in [0.25, 0.3) is 5.82 Å². The summed E-state index contributed by atoms with van der Waals surface area (Å²) in [5, 5.41) is 3.70. The van der Waals surface area contributed by atoms with Gasteiger partial charge < -0.3 is 10.2 Å². The number of likely N-dealkylation sites (tertiary alicyclic amines) is 1. The topological polar surface area (TPSA) is 46.0 Å². The smallest absolute Gasteiger partial charge is 0.142 e. The molecular weight excluding hydrogens is 274 g/mol. The summed E-state index contributed by atoms with van der Waals surface area (Å²) in [6, 6.07) is 4.76. The van der Waals surface area contributed by atoms with Gasteiger partial charge in [0.05, 0.1) is 0 Å². The maximum Gasteiger partial charge on any atom is 0.142 e. The Morgan fingerprint density at radius 1 is 1.27 bits per heavy atom. The molecule has 0 amide bonds. The first-order valence-electron chi connectivity index (χ1n) is 8.24. The summed E-state index contributed by atoms with van der Waals surface area (Å²) < 4.78 is 1.97. The number of pyridine rings is 1. The molecule has 118 valence electrons. The predicted molar refractivity (Wildman–Crippen MR) is 88.0 cm³/mol. The van der Waals surface area contributed by atoms with Crippen molar-refractivity contribution in [1.29, 1.82) is 0 Å². The van der Waals surface area contributed by atoms with Crippen LogP contribution in [0.5, 0.6) is 0 Å². The maximum atomic E-state index is 4.50. The molecule has 0 bridgehead atoms. The van der Waals surface area contributed by atoms with E-state index in [0.717, 1.165) is 12.4 Å². The van der Waals surface area contributed by atoms with Gasteiger partial charge in [-0.1, -0.05) is 13.0 Å². The summed E-state index contributed by atoms with van der Waals surface area (Å²) in [6.45, 7) is 6.78. The van der Waals surface area contributed by atoms with Crippen molar-refractivity contribution in [3.05, 3.63) is 42.6 Å². The van der Waals surface area contributed by atoms with E-state index in [9.17, 15) is 0 Å². The number of nitrogens with one attached hydrogen (secondary N) is 1. The van der Waals surface area contributed by atoms with Gasteiger partial charge in [0.15, 0.2) is 0 Å². The number of aromatic nitrogens is 3. The third kappa shape index (κ3) is 3.72. The van der Waals surface area contributed by atoms with E-state index in [2.05, 4.69) is 33.2 Å². The monoisotopic (exact) mass is 299 g/mol. The average Bonchev–Trinajstić information content (AvgIpc) is 3.09.